The third kappa shape index (κ3) is 1.76. The summed E-state index contributed by atoms with van der Waals surface area (Å²) in [6, 6.07) is 1.00. The zero-order valence-corrected chi connectivity index (χ0v) is 7.13. The summed E-state index contributed by atoms with van der Waals surface area (Å²) in [5, 5.41) is 19.0. The van der Waals surface area contributed by atoms with Gasteiger partial charge in [0, 0.05) is 6.07 Å². The van der Waals surface area contributed by atoms with Crippen LogP contribution in [0, 0.1) is 10.1 Å². The first kappa shape index (κ1) is 9.90. The van der Waals surface area contributed by atoms with Crippen LogP contribution in [-0.2, 0) is 0 Å². The standard InChI is InChI=1S/C7H6N2O5/c1-14-6-2-4(7(10)11)5(3-8-6)9(12)13/h2-3H,1H3,(H,10,11). The summed E-state index contributed by atoms with van der Waals surface area (Å²) in [6.07, 6.45) is 0.849. The lowest BCUT2D eigenvalue weighted by Gasteiger charge is -2.00. The van der Waals surface area contributed by atoms with Crippen molar-refractivity contribution in [1.29, 1.82) is 0 Å². The highest BCUT2D eigenvalue weighted by molar-refractivity contribution is 5.92. The van der Waals surface area contributed by atoms with Crippen LogP contribution < -0.4 is 4.74 Å². The topological polar surface area (TPSA) is 103 Å². The van der Waals surface area contributed by atoms with E-state index in [2.05, 4.69) is 9.72 Å². The van der Waals surface area contributed by atoms with Crippen molar-refractivity contribution in [2.45, 2.75) is 0 Å². The number of pyridine rings is 1. The second-order valence-corrected chi connectivity index (χ2v) is 2.31. The van der Waals surface area contributed by atoms with E-state index in [0.717, 1.165) is 12.3 Å². The van der Waals surface area contributed by atoms with E-state index in [1.165, 1.54) is 7.11 Å². The summed E-state index contributed by atoms with van der Waals surface area (Å²) < 4.78 is 4.64. The molecule has 14 heavy (non-hydrogen) atoms. The quantitative estimate of drug-likeness (QED) is 0.566. The molecular weight excluding hydrogens is 192 g/mol. The summed E-state index contributed by atoms with van der Waals surface area (Å²) in [7, 11) is 1.29. The first-order chi connectivity index (χ1) is 6.56. The van der Waals surface area contributed by atoms with Crippen LogP contribution in [0.1, 0.15) is 10.4 Å². The Kier molecular flexibility index (Phi) is 2.61. The fraction of sp³-hybridized carbons (Fsp3) is 0.143. The Morgan fingerprint density at radius 1 is 1.71 bits per heavy atom. The molecule has 0 atom stereocenters. The smallest absolute Gasteiger partial charge is 0.342 e. The van der Waals surface area contributed by atoms with E-state index >= 15 is 0 Å². The van der Waals surface area contributed by atoms with E-state index in [9.17, 15) is 14.9 Å². The molecular formula is C7H6N2O5. The average Bonchev–Trinajstić information content (AvgIpc) is 2.16. The van der Waals surface area contributed by atoms with Gasteiger partial charge in [-0.1, -0.05) is 0 Å². The number of hydrogen-bond donors (Lipinski definition) is 1. The second kappa shape index (κ2) is 3.69. The van der Waals surface area contributed by atoms with Gasteiger partial charge in [-0.3, -0.25) is 10.1 Å². The predicted octanol–water partition coefficient (Wildman–Crippen LogP) is 0.697. The number of aromatic carboxylic acids is 1. The first-order valence-corrected chi connectivity index (χ1v) is 3.48. The molecule has 0 aromatic carbocycles. The molecule has 0 amide bonds. The molecule has 74 valence electrons. The van der Waals surface area contributed by atoms with Crippen LogP contribution in [0.15, 0.2) is 12.3 Å². The molecule has 0 bridgehead atoms. The summed E-state index contributed by atoms with van der Waals surface area (Å²) in [6.45, 7) is 0. The van der Waals surface area contributed by atoms with Crippen LogP contribution in [0.3, 0.4) is 0 Å². The summed E-state index contributed by atoms with van der Waals surface area (Å²) in [5.41, 5.74) is -1.000. The number of methoxy groups -OCH3 is 1. The second-order valence-electron chi connectivity index (χ2n) is 2.31. The van der Waals surface area contributed by atoms with Crippen molar-refractivity contribution >= 4 is 11.7 Å². The molecule has 1 N–H and O–H groups in total. The fourth-order valence-corrected chi connectivity index (χ4v) is 0.857. The van der Waals surface area contributed by atoms with E-state index in [0.29, 0.717) is 0 Å². The number of aromatic nitrogens is 1. The molecule has 0 spiro atoms. The molecule has 0 aliphatic rings. The molecule has 7 nitrogen and oxygen atoms in total. The van der Waals surface area contributed by atoms with Crippen molar-refractivity contribution in [2.75, 3.05) is 7.11 Å². The van der Waals surface area contributed by atoms with E-state index in [1.807, 2.05) is 0 Å². The van der Waals surface area contributed by atoms with Crippen molar-refractivity contribution in [3.05, 3.63) is 27.9 Å². The minimum atomic E-state index is -1.39. The molecule has 0 saturated carbocycles. The Morgan fingerprint density at radius 2 is 2.36 bits per heavy atom. The highest BCUT2D eigenvalue weighted by Crippen LogP contribution is 2.20. The van der Waals surface area contributed by atoms with Crippen molar-refractivity contribution in [1.82, 2.24) is 4.98 Å². The van der Waals surface area contributed by atoms with Crippen LogP contribution in [0.4, 0.5) is 5.69 Å². The molecule has 7 heteroatoms. The predicted molar refractivity (Wildman–Crippen MR) is 44.4 cm³/mol. The average molecular weight is 198 g/mol. The van der Waals surface area contributed by atoms with Gasteiger partial charge >= 0.3 is 11.7 Å². The van der Waals surface area contributed by atoms with Gasteiger partial charge in [-0.25, -0.2) is 9.78 Å². The van der Waals surface area contributed by atoms with E-state index in [1.54, 1.807) is 0 Å². The molecule has 0 unspecified atom stereocenters. The van der Waals surface area contributed by atoms with Gasteiger partial charge in [-0.05, 0) is 0 Å². The Morgan fingerprint density at radius 3 is 2.79 bits per heavy atom. The van der Waals surface area contributed by atoms with Gasteiger partial charge < -0.3 is 9.84 Å². The minimum Gasteiger partial charge on any atom is -0.481 e. The minimum absolute atomic E-state index is 0.0213. The van der Waals surface area contributed by atoms with E-state index in [4.69, 9.17) is 5.11 Å². The third-order valence-electron chi connectivity index (χ3n) is 1.49. The zero-order valence-electron chi connectivity index (χ0n) is 7.13. The number of hydrogen-bond acceptors (Lipinski definition) is 5. The largest absolute Gasteiger partial charge is 0.481 e. The normalized spacial score (nSPS) is 9.50. The molecule has 0 saturated heterocycles. The Hall–Kier alpha value is -2.18. The maximum absolute atomic E-state index is 10.6. The number of carbonyl (C=O) groups is 1. The van der Waals surface area contributed by atoms with Crippen molar-refractivity contribution in [2.24, 2.45) is 0 Å². The van der Waals surface area contributed by atoms with Gasteiger partial charge in [0.1, 0.15) is 11.8 Å². The molecule has 0 aliphatic heterocycles. The number of nitrogens with zero attached hydrogens (tertiary/aromatic N) is 2. The lowest BCUT2D eigenvalue weighted by Crippen LogP contribution is -2.04. The monoisotopic (exact) mass is 198 g/mol. The summed E-state index contributed by atoms with van der Waals surface area (Å²) >= 11 is 0. The molecule has 1 heterocycles. The van der Waals surface area contributed by atoms with Crippen LogP contribution >= 0.6 is 0 Å². The van der Waals surface area contributed by atoms with Crippen LogP contribution in [0.2, 0.25) is 0 Å². The molecule has 0 fully saturated rings. The number of ether oxygens (including phenoxy) is 1. The summed E-state index contributed by atoms with van der Waals surface area (Å²) in [5.74, 6) is -1.37. The summed E-state index contributed by atoms with van der Waals surface area (Å²) in [4.78, 5) is 23.7. The number of carboxylic acids is 1. The number of nitro groups is 1. The van der Waals surface area contributed by atoms with Crippen LogP contribution in [0.5, 0.6) is 5.88 Å². The highest BCUT2D eigenvalue weighted by atomic mass is 16.6. The highest BCUT2D eigenvalue weighted by Gasteiger charge is 2.21. The van der Waals surface area contributed by atoms with E-state index in [-0.39, 0.29) is 5.88 Å². The van der Waals surface area contributed by atoms with Crippen molar-refractivity contribution < 1.29 is 19.6 Å². The molecule has 1 aromatic heterocycles. The lowest BCUT2D eigenvalue weighted by molar-refractivity contribution is -0.385. The van der Waals surface area contributed by atoms with E-state index < -0.39 is 22.1 Å². The Balaban J connectivity index is 3.31. The SMILES string of the molecule is COc1cc(C(=O)O)c([N+](=O)[O-])cn1. The van der Waals surface area contributed by atoms with Gasteiger partial charge in [0.05, 0.1) is 12.0 Å². The number of carboxylic acid groups (broad SMARTS) is 1. The molecule has 1 aromatic rings. The van der Waals surface area contributed by atoms with Gasteiger partial charge in [0.2, 0.25) is 5.88 Å². The molecule has 0 radical (unpaired) electrons. The maximum Gasteiger partial charge on any atom is 0.342 e. The third-order valence-corrected chi connectivity index (χ3v) is 1.49. The van der Waals surface area contributed by atoms with Gasteiger partial charge in [-0.2, -0.15) is 0 Å². The zero-order chi connectivity index (χ0) is 10.7. The fourth-order valence-electron chi connectivity index (χ4n) is 0.857. The van der Waals surface area contributed by atoms with Crippen molar-refractivity contribution in [3.8, 4) is 5.88 Å². The number of rotatable bonds is 3. The van der Waals surface area contributed by atoms with Crippen LogP contribution in [0.25, 0.3) is 0 Å². The van der Waals surface area contributed by atoms with Crippen LogP contribution in [-0.4, -0.2) is 28.1 Å². The molecule has 0 aliphatic carbocycles. The first-order valence-electron chi connectivity index (χ1n) is 3.48. The Labute approximate surface area is 78.1 Å². The van der Waals surface area contributed by atoms with Gasteiger partial charge in [0.15, 0.2) is 0 Å². The van der Waals surface area contributed by atoms with Gasteiger partial charge in [-0.15, -0.1) is 0 Å². The maximum atomic E-state index is 10.6. The van der Waals surface area contributed by atoms with Gasteiger partial charge in [0.25, 0.3) is 0 Å². The Bertz CT molecular complexity index is 390. The molecule has 1 rings (SSSR count). The van der Waals surface area contributed by atoms with Crippen molar-refractivity contribution in [3.63, 3.8) is 0 Å². The lowest BCUT2D eigenvalue weighted by atomic mass is 10.2.